The van der Waals surface area contributed by atoms with Crippen LogP contribution in [-0.4, -0.2) is 33.1 Å². The van der Waals surface area contributed by atoms with Crippen molar-refractivity contribution in [2.75, 3.05) is 12.8 Å². The van der Waals surface area contributed by atoms with Gasteiger partial charge in [0.05, 0.1) is 25.2 Å². The van der Waals surface area contributed by atoms with E-state index in [1.54, 1.807) is 36.2 Å². The minimum absolute atomic E-state index is 0.0639. The molecule has 4 aromatic rings. The SMILES string of the molecule is COc1cc(Cn2ncc3c(N)nc(Cl)nc32)cc(OCc2cccc(C=O)c2)c1. The van der Waals surface area contributed by atoms with Crippen LogP contribution in [0, 0.1) is 0 Å². The predicted octanol–water partition coefficient (Wildman–Crippen LogP) is 3.51. The van der Waals surface area contributed by atoms with E-state index in [9.17, 15) is 4.79 Å². The molecule has 0 unspecified atom stereocenters. The van der Waals surface area contributed by atoms with Gasteiger partial charge in [-0.1, -0.05) is 18.2 Å². The van der Waals surface area contributed by atoms with Gasteiger partial charge in [-0.15, -0.1) is 0 Å². The fraction of sp³-hybridized carbons (Fsp3) is 0.143. The summed E-state index contributed by atoms with van der Waals surface area (Å²) in [5.41, 5.74) is 8.83. The van der Waals surface area contributed by atoms with Gasteiger partial charge >= 0.3 is 0 Å². The average molecular weight is 424 g/mol. The molecule has 0 amide bonds. The van der Waals surface area contributed by atoms with Crippen molar-refractivity contribution in [1.82, 2.24) is 19.7 Å². The molecule has 152 valence electrons. The van der Waals surface area contributed by atoms with Gasteiger partial charge in [-0.3, -0.25) is 4.79 Å². The molecule has 2 heterocycles. The van der Waals surface area contributed by atoms with E-state index in [0.717, 1.165) is 17.4 Å². The molecule has 0 radical (unpaired) electrons. The molecule has 4 rings (SSSR count). The third-order valence-electron chi connectivity index (χ3n) is 4.50. The molecular formula is C21H18ClN5O3. The molecule has 0 spiro atoms. The molecule has 30 heavy (non-hydrogen) atoms. The number of methoxy groups -OCH3 is 1. The highest BCUT2D eigenvalue weighted by molar-refractivity contribution is 6.28. The summed E-state index contributed by atoms with van der Waals surface area (Å²) in [4.78, 5) is 19.1. The molecule has 0 aliphatic carbocycles. The van der Waals surface area contributed by atoms with E-state index >= 15 is 0 Å². The van der Waals surface area contributed by atoms with Crippen molar-refractivity contribution in [3.05, 3.63) is 70.6 Å². The van der Waals surface area contributed by atoms with E-state index in [1.165, 1.54) is 0 Å². The summed E-state index contributed by atoms with van der Waals surface area (Å²) in [6.07, 6.45) is 2.42. The molecule has 9 heteroatoms. The van der Waals surface area contributed by atoms with Crippen LogP contribution in [0.15, 0.2) is 48.7 Å². The normalized spacial score (nSPS) is 10.9. The van der Waals surface area contributed by atoms with Gasteiger partial charge in [-0.2, -0.15) is 10.1 Å². The van der Waals surface area contributed by atoms with Gasteiger partial charge in [0.2, 0.25) is 5.28 Å². The lowest BCUT2D eigenvalue weighted by atomic mass is 10.1. The molecule has 2 aromatic heterocycles. The summed E-state index contributed by atoms with van der Waals surface area (Å²) < 4.78 is 13.0. The summed E-state index contributed by atoms with van der Waals surface area (Å²) in [5, 5.41) is 5.05. The number of ether oxygens (including phenoxy) is 2. The summed E-state index contributed by atoms with van der Waals surface area (Å²) in [6, 6.07) is 12.8. The molecule has 2 N–H and O–H groups in total. The van der Waals surface area contributed by atoms with Gasteiger partial charge in [-0.05, 0) is 40.9 Å². The van der Waals surface area contributed by atoms with Crippen LogP contribution in [0.1, 0.15) is 21.5 Å². The van der Waals surface area contributed by atoms with Crippen molar-refractivity contribution in [1.29, 1.82) is 0 Å². The van der Waals surface area contributed by atoms with E-state index < -0.39 is 0 Å². The van der Waals surface area contributed by atoms with E-state index in [4.69, 9.17) is 26.8 Å². The minimum Gasteiger partial charge on any atom is -0.497 e. The number of hydrogen-bond acceptors (Lipinski definition) is 7. The third kappa shape index (κ3) is 4.18. The monoisotopic (exact) mass is 423 g/mol. The molecule has 0 bridgehead atoms. The van der Waals surface area contributed by atoms with Crippen LogP contribution in [0.3, 0.4) is 0 Å². The number of nitrogens with two attached hydrogens (primary N) is 1. The topological polar surface area (TPSA) is 105 Å². The Morgan fingerprint density at radius 3 is 2.77 bits per heavy atom. The lowest BCUT2D eigenvalue weighted by Gasteiger charge is -2.12. The fourth-order valence-corrected chi connectivity index (χ4v) is 3.26. The second-order valence-corrected chi connectivity index (χ2v) is 6.92. The van der Waals surface area contributed by atoms with Crippen molar-refractivity contribution < 1.29 is 14.3 Å². The fourth-order valence-electron chi connectivity index (χ4n) is 3.08. The lowest BCUT2D eigenvalue weighted by molar-refractivity contribution is 0.112. The van der Waals surface area contributed by atoms with Crippen molar-refractivity contribution in [2.24, 2.45) is 0 Å². The quantitative estimate of drug-likeness (QED) is 0.358. The standard InChI is InChI=1S/C21H18ClN5O3/c1-29-16-6-15(10-27-20-18(9-24-27)19(23)25-21(22)26-20)7-17(8-16)30-12-14-4-2-3-13(5-14)11-28/h2-9,11H,10,12H2,1H3,(H2,23,25,26). The average Bonchev–Trinajstić information content (AvgIpc) is 3.15. The van der Waals surface area contributed by atoms with Crippen molar-refractivity contribution in [2.45, 2.75) is 13.2 Å². The van der Waals surface area contributed by atoms with E-state index in [0.29, 0.717) is 41.2 Å². The second-order valence-electron chi connectivity index (χ2n) is 6.59. The number of nitrogens with zero attached hydrogens (tertiary/aromatic N) is 4. The third-order valence-corrected chi connectivity index (χ3v) is 4.67. The molecule has 2 aromatic carbocycles. The number of halogens is 1. The highest BCUT2D eigenvalue weighted by Crippen LogP contribution is 2.26. The Hall–Kier alpha value is -3.65. The minimum atomic E-state index is 0.0639. The van der Waals surface area contributed by atoms with Crippen molar-refractivity contribution in [3.63, 3.8) is 0 Å². The Balaban J connectivity index is 1.59. The Morgan fingerprint density at radius 2 is 1.97 bits per heavy atom. The Kier molecular flexibility index (Phi) is 5.49. The number of nitrogen functional groups attached to an aromatic ring is 1. The number of aldehydes is 1. The maximum atomic E-state index is 11.0. The highest BCUT2D eigenvalue weighted by atomic mass is 35.5. The van der Waals surface area contributed by atoms with Crippen LogP contribution in [0.25, 0.3) is 11.0 Å². The molecule has 8 nitrogen and oxygen atoms in total. The molecular weight excluding hydrogens is 406 g/mol. The first kappa shape index (κ1) is 19.7. The zero-order valence-corrected chi connectivity index (χ0v) is 16.8. The first-order chi connectivity index (χ1) is 14.6. The number of anilines is 1. The first-order valence-electron chi connectivity index (χ1n) is 9.05. The largest absolute Gasteiger partial charge is 0.497 e. The zero-order valence-electron chi connectivity index (χ0n) is 16.1. The summed E-state index contributed by atoms with van der Waals surface area (Å²) in [5.74, 6) is 1.56. The molecule has 0 aliphatic rings. The molecule has 0 atom stereocenters. The van der Waals surface area contributed by atoms with Gasteiger partial charge in [0.1, 0.15) is 30.2 Å². The smallest absolute Gasteiger partial charge is 0.226 e. The maximum absolute atomic E-state index is 11.0. The van der Waals surface area contributed by atoms with Crippen LogP contribution in [0.4, 0.5) is 5.82 Å². The van der Waals surface area contributed by atoms with Gasteiger partial charge in [0.15, 0.2) is 5.65 Å². The number of carbonyl (C=O) groups is 1. The van der Waals surface area contributed by atoms with E-state index in [-0.39, 0.29) is 11.1 Å². The number of rotatable bonds is 7. The molecule has 0 aliphatic heterocycles. The van der Waals surface area contributed by atoms with Gasteiger partial charge in [0.25, 0.3) is 0 Å². The van der Waals surface area contributed by atoms with Crippen LogP contribution < -0.4 is 15.2 Å². The van der Waals surface area contributed by atoms with Gasteiger partial charge in [-0.25, -0.2) is 9.67 Å². The molecule has 0 saturated carbocycles. The first-order valence-corrected chi connectivity index (χ1v) is 9.43. The predicted molar refractivity (Wildman–Crippen MR) is 113 cm³/mol. The Labute approximate surface area is 177 Å². The summed E-state index contributed by atoms with van der Waals surface area (Å²) >= 11 is 5.94. The van der Waals surface area contributed by atoms with Gasteiger partial charge < -0.3 is 15.2 Å². The van der Waals surface area contributed by atoms with Crippen molar-refractivity contribution >= 4 is 34.7 Å². The highest BCUT2D eigenvalue weighted by Gasteiger charge is 2.12. The Bertz CT molecular complexity index is 1220. The van der Waals surface area contributed by atoms with E-state index in [1.807, 2.05) is 24.3 Å². The maximum Gasteiger partial charge on any atom is 0.226 e. The number of hydrogen-bond donors (Lipinski definition) is 1. The second kappa shape index (κ2) is 8.38. The van der Waals surface area contributed by atoms with Crippen LogP contribution in [0.2, 0.25) is 5.28 Å². The Morgan fingerprint density at radius 1 is 1.13 bits per heavy atom. The summed E-state index contributed by atoms with van der Waals surface area (Å²) in [6.45, 7) is 0.725. The van der Waals surface area contributed by atoms with Crippen LogP contribution in [-0.2, 0) is 13.2 Å². The molecule has 0 saturated heterocycles. The number of benzene rings is 2. The number of fused-ring (bicyclic) bond motifs is 1. The number of aromatic nitrogens is 4. The van der Waals surface area contributed by atoms with Crippen LogP contribution in [0.5, 0.6) is 11.5 Å². The van der Waals surface area contributed by atoms with Crippen molar-refractivity contribution in [3.8, 4) is 11.5 Å². The summed E-state index contributed by atoms with van der Waals surface area (Å²) in [7, 11) is 1.59. The zero-order chi connectivity index (χ0) is 21.1. The van der Waals surface area contributed by atoms with E-state index in [2.05, 4.69) is 15.1 Å². The number of carbonyl (C=O) groups excluding carboxylic acids is 1. The van der Waals surface area contributed by atoms with Gasteiger partial charge in [0, 0.05) is 11.6 Å². The molecule has 0 fully saturated rings. The lowest BCUT2D eigenvalue weighted by Crippen LogP contribution is -2.05. The van der Waals surface area contributed by atoms with Crippen LogP contribution >= 0.6 is 11.6 Å².